The van der Waals surface area contributed by atoms with Crippen molar-refractivity contribution in [1.29, 1.82) is 0 Å². The van der Waals surface area contributed by atoms with Crippen LogP contribution in [0.1, 0.15) is 26.6 Å². The maximum atomic E-state index is 11.8. The summed E-state index contributed by atoms with van der Waals surface area (Å²) in [5.41, 5.74) is 2.50. The molecule has 0 saturated heterocycles. The van der Waals surface area contributed by atoms with Crippen molar-refractivity contribution in [3.05, 3.63) is 51.5 Å². The highest BCUT2D eigenvalue weighted by Crippen LogP contribution is 2.12. The summed E-state index contributed by atoms with van der Waals surface area (Å²) in [5, 5.41) is 2.74. The van der Waals surface area contributed by atoms with E-state index in [9.17, 15) is 4.79 Å². The van der Waals surface area contributed by atoms with E-state index in [4.69, 9.17) is 9.47 Å². The second kappa shape index (κ2) is 6.45. The van der Waals surface area contributed by atoms with Crippen molar-refractivity contribution in [1.82, 2.24) is 4.98 Å². The lowest BCUT2D eigenvalue weighted by molar-refractivity contribution is 0.0472. The molecule has 0 N–H and O–H groups in total. The van der Waals surface area contributed by atoms with Gasteiger partial charge < -0.3 is 9.47 Å². The number of hydrogen-bond donors (Lipinski definition) is 0. The summed E-state index contributed by atoms with van der Waals surface area (Å²) in [5.74, 6) is -0.336. The maximum Gasteiger partial charge on any atom is 0.338 e. The van der Waals surface area contributed by atoms with Gasteiger partial charge in [-0.15, -0.1) is 11.3 Å². The van der Waals surface area contributed by atoms with Gasteiger partial charge in [0, 0.05) is 18.2 Å². The van der Waals surface area contributed by atoms with Crippen LogP contribution >= 0.6 is 11.3 Å². The van der Waals surface area contributed by atoms with Gasteiger partial charge in [0.1, 0.15) is 11.6 Å². The third-order valence-electron chi connectivity index (χ3n) is 2.49. The molecule has 1 aromatic carbocycles. The minimum absolute atomic E-state index is 0.219. The quantitative estimate of drug-likeness (QED) is 0.788. The molecule has 0 aliphatic heterocycles. The lowest BCUT2D eigenvalue weighted by Gasteiger charge is -2.04. The summed E-state index contributed by atoms with van der Waals surface area (Å²) in [4.78, 5) is 16.1. The summed E-state index contributed by atoms with van der Waals surface area (Å²) in [7, 11) is 1.64. The van der Waals surface area contributed by atoms with Crippen molar-refractivity contribution >= 4 is 17.3 Å². The first-order valence-electron chi connectivity index (χ1n) is 5.85. The van der Waals surface area contributed by atoms with Crippen LogP contribution < -0.4 is 0 Å². The molecule has 0 unspecified atom stereocenters. The zero-order valence-corrected chi connectivity index (χ0v) is 11.7. The highest BCUT2D eigenvalue weighted by molar-refractivity contribution is 7.09. The lowest BCUT2D eigenvalue weighted by Crippen LogP contribution is -2.05. The van der Waals surface area contributed by atoms with Crippen LogP contribution in [0, 0.1) is 6.92 Å². The number of nitrogens with zero attached hydrogens (tertiary/aromatic N) is 1. The SMILES string of the molecule is COCc1ccc(C(=O)OCc2nc(C)cs2)cc1. The Labute approximate surface area is 116 Å². The van der Waals surface area contributed by atoms with Crippen molar-refractivity contribution in [3.8, 4) is 0 Å². The minimum Gasteiger partial charge on any atom is -0.455 e. The second-order valence-corrected chi connectivity index (χ2v) is 5.03. The molecule has 0 amide bonds. The van der Waals surface area contributed by atoms with E-state index in [0.29, 0.717) is 12.2 Å². The predicted octanol–water partition coefficient (Wildman–Crippen LogP) is 2.95. The van der Waals surface area contributed by atoms with E-state index >= 15 is 0 Å². The molecular weight excluding hydrogens is 262 g/mol. The summed E-state index contributed by atoms with van der Waals surface area (Å²) in [6, 6.07) is 7.19. The number of esters is 1. The van der Waals surface area contributed by atoms with E-state index in [1.54, 1.807) is 19.2 Å². The molecule has 0 atom stereocenters. The Morgan fingerprint density at radius 3 is 2.58 bits per heavy atom. The monoisotopic (exact) mass is 277 g/mol. The van der Waals surface area contributed by atoms with Crippen molar-refractivity contribution in [2.75, 3.05) is 7.11 Å². The van der Waals surface area contributed by atoms with Gasteiger partial charge >= 0.3 is 5.97 Å². The molecule has 5 heteroatoms. The third kappa shape index (κ3) is 3.87. The first-order chi connectivity index (χ1) is 9.19. The first-order valence-corrected chi connectivity index (χ1v) is 6.73. The van der Waals surface area contributed by atoms with Crippen LogP contribution in [0.15, 0.2) is 29.6 Å². The highest BCUT2D eigenvalue weighted by Gasteiger charge is 2.08. The van der Waals surface area contributed by atoms with Crippen LogP contribution in [-0.2, 0) is 22.7 Å². The minimum atomic E-state index is -0.336. The maximum absolute atomic E-state index is 11.8. The molecule has 0 saturated carbocycles. The number of aromatic nitrogens is 1. The number of aryl methyl sites for hydroxylation is 1. The van der Waals surface area contributed by atoms with Crippen LogP contribution in [-0.4, -0.2) is 18.1 Å². The second-order valence-electron chi connectivity index (χ2n) is 4.09. The molecule has 0 bridgehead atoms. The summed E-state index contributed by atoms with van der Waals surface area (Å²) in [6.07, 6.45) is 0. The zero-order chi connectivity index (χ0) is 13.7. The molecule has 4 nitrogen and oxygen atoms in total. The standard InChI is InChI=1S/C14H15NO3S/c1-10-9-19-13(15-10)8-18-14(16)12-5-3-11(4-6-12)7-17-2/h3-6,9H,7-8H2,1-2H3. The molecule has 0 radical (unpaired) electrons. The molecule has 0 spiro atoms. The molecule has 1 aromatic heterocycles. The van der Waals surface area contributed by atoms with Gasteiger partial charge in [-0.3, -0.25) is 0 Å². The Morgan fingerprint density at radius 1 is 1.26 bits per heavy atom. The molecule has 0 aliphatic carbocycles. The Balaban J connectivity index is 1.92. The normalized spacial score (nSPS) is 10.4. The number of thiazole rings is 1. The Bertz CT molecular complexity index is 548. The molecule has 1 heterocycles. The largest absolute Gasteiger partial charge is 0.455 e. The molecule has 0 aliphatic rings. The fourth-order valence-electron chi connectivity index (χ4n) is 1.58. The molecule has 19 heavy (non-hydrogen) atoms. The smallest absolute Gasteiger partial charge is 0.338 e. The summed E-state index contributed by atoms with van der Waals surface area (Å²) >= 11 is 1.49. The third-order valence-corrected chi connectivity index (χ3v) is 3.43. The molecule has 100 valence electrons. The Morgan fingerprint density at radius 2 is 2.00 bits per heavy atom. The van der Waals surface area contributed by atoms with Gasteiger partial charge in [0.15, 0.2) is 0 Å². The van der Waals surface area contributed by atoms with E-state index < -0.39 is 0 Å². The van der Waals surface area contributed by atoms with Crippen molar-refractivity contribution in [2.45, 2.75) is 20.1 Å². The molecule has 2 aromatic rings. The van der Waals surface area contributed by atoms with Gasteiger partial charge in [0.25, 0.3) is 0 Å². The number of hydrogen-bond acceptors (Lipinski definition) is 5. The molecular formula is C14H15NO3S. The van der Waals surface area contributed by atoms with E-state index in [0.717, 1.165) is 16.3 Å². The number of ether oxygens (including phenoxy) is 2. The number of methoxy groups -OCH3 is 1. The predicted molar refractivity (Wildman–Crippen MR) is 73.1 cm³/mol. The highest BCUT2D eigenvalue weighted by atomic mass is 32.1. The van der Waals surface area contributed by atoms with Gasteiger partial charge in [-0.2, -0.15) is 0 Å². The van der Waals surface area contributed by atoms with Gasteiger partial charge in [0.05, 0.1) is 12.2 Å². The topological polar surface area (TPSA) is 48.4 Å². The van der Waals surface area contributed by atoms with Crippen molar-refractivity contribution < 1.29 is 14.3 Å². The Kier molecular flexibility index (Phi) is 4.65. The number of carbonyl (C=O) groups excluding carboxylic acids is 1. The summed E-state index contributed by atoms with van der Waals surface area (Å²) in [6.45, 7) is 2.67. The van der Waals surface area contributed by atoms with Crippen molar-refractivity contribution in [3.63, 3.8) is 0 Å². The molecule has 2 rings (SSSR count). The zero-order valence-electron chi connectivity index (χ0n) is 10.9. The lowest BCUT2D eigenvalue weighted by atomic mass is 10.1. The van der Waals surface area contributed by atoms with E-state index in [2.05, 4.69) is 4.98 Å². The fourth-order valence-corrected chi connectivity index (χ4v) is 2.27. The van der Waals surface area contributed by atoms with Crippen LogP contribution in [0.3, 0.4) is 0 Å². The molecule has 0 fully saturated rings. The van der Waals surface area contributed by atoms with Crippen LogP contribution in [0.2, 0.25) is 0 Å². The van der Waals surface area contributed by atoms with E-state index in [1.807, 2.05) is 24.4 Å². The van der Waals surface area contributed by atoms with E-state index in [-0.39, 0.29) is 12.6 Å². The van der Waals surface area contributed by atoms with E-state index in [1.165, 1.54) is 11.3 Å². The Hall–Kier alpha value is -1.72. The van der Waals surface area contributed by atoms with Crippen LogP contribution in [0.4, 0.5) is 0 Å². The van der Waals surface area contributed by atoms with Crippen molar-refractivity contribution in [2.24, 2.45) is 0 Å². The number of rotatable bonds is 5. The number of carbonyl (C=O) groups is 1. The van der Waals surface area contributed by atoms with Gasteiger partial charge in [0.2, 0.25) is 0 Å². The summed E-state index contributed by atoms with van der Waals surface area (Å²) < 4.78 is 10.2. The van der Waals surface area contributed by atoms with Gasteiger partial charge in [-0.25, -0.2) is 9.78 Å². The van der Waals surface area contributed by atoms with Gasteiger partial charge in [-0.1, -0.05) is 12.1 Å². The van der Waals surface area contributed by atoms with Crippen LogP contribution in [0.25, 0.3) is 0 Å². The fraction of sp³-hybridized carbons (Fsp3) is 0.286. The average Bonchev–Trinajstić information content (AvgIpc) is 2.83. The average molecular weight is 277 g/mol. The van der Waals surface area contributed by atoms with Gasteiger partial charge in [-0.05, 0) is 24.6 Å². The first kappa shape index (κ1) is 13.7. The van der Waals surface area contributed by atoms with Crippen LogP contribution in [0.5, 0.6) is 0 Å². The number of benzene rings is 1.